The van der Waals surface area contributed by atoms with Gasteiger partial charge in [-0.15, -0.1) is 0 Å². The molecule has 0 aromatic carbocycles. The minimum Gasteiger partial charge on any atom is -0.341 e. The Morgan fingerprint density at radius 1 is 1.75 bits per heavy atom. The normalized spacial score (nSPS) is 22.3. The van der Waals surface area contributed by atoms with Crippen molar-refractivity contribution in [2.45, 2.75) is 12.8 Å². The molecule has 1 amide bonds. The first kappa shape index (κ1) is 8.98. The highest BCUT2D eigenvalue weighted by atomic mass is 19.1. The van der Waals surface area contributed by atoms with Crippen LogP contribution in [0.15, 0.2) is 0 Å². The van der Waals surface area contributed by atoms with Crippen LogP contribution >= 0.6 is 0 Å². The van der Waals surface area contributed by atoms with E-state index in [0.717, 1.165) is 6.42 Å². The Bertz CT molecular complexity index is 212. The fraction of sp³-hybridized carbons (Fsp3) is 0.750. The number of likely N-dealkylation sites (tertiary alicyclic amines) is 1. The van der Waals surface area contributed by atoms with Crippen molar-refractivity contribution < 1.29 is 9.18 Å². The molecule has 0 spiro atoms. The minimum atomic E-state index is -0.365. The van der Waals surface area contributed by atoms with Gasteiger partial charge in [-0.2, -0.15) is 5.26 Å². The molecule has 1 atom stereocenters. The van der Waals surface area contributed by atoms with Crippen molar-refractivity contribution in [1.82, 2.24) is 4.90 Å². The molecule has 1 heterocycles. The number of carbonyl (C=O) groups excluding carboxylic acids is 1. The molecule has 0 N–H and O–H groups in total. The molecule has 1 aliphatic rings. The summed E-state index contributed by atoms with van der Waals surface area (Å²) in [6, 6.07) is 1.79. The fourth-order valence-electron chi connectivity index (χ4n) is 1.36. The topological polar surface area (TPSA) is 44.1 Å². The van der Waals surface area contributed by atoms with E-state index in [-0.39, 0.29) is 24.9 Å². The van der Waals surface area contributed by atoms with Crippen LogP contribution in [0.2, 0.25) is 0 Å². The van der Waals surface area contributed by atoms with Gasteiger partial charge in [-0.1, -0.05) is 0 Å². The predicted octanol–water partition coefficient (Wildman–Crippen LogP) is 0.718. The molecule has 1 saturated heterocycles. The summed E-state index contributed by atoms with van der Waals surface area (Å²) in [7, 11) is 0. The molecule has 12 heavy (non-hydrogen) atoms. The molecule has 0 saturated carbocycles. The number of hydrogen-bond acceptors (Lipinski definition) is 2. The summed E-state index contributed by atoms with van der Waals surface area (Å²) >= 11 is 0. The van der Waals surface area contributed by atoms with Crippen molar-refractivity contribution in [3.05, 3.63) is 0 Å². The van der Waals surface area contributed by atoms with Crippen LogP contribution in [-0.2, 0) is 4.79 Å². The van der Waals surface area contributed by atoms with E-state index < -0.39 is 0 Å². The van der Waals surface area contributed by atoms with Gasteiger partial charge in [0.15, 0.2) is 0 Å². The lowest BCUT2D eigenvalue weighted by molar-refractivity contribution is -0.129. The molecule has 0 aliphatic carbocycles. The Kier molecular flexibility index (Phi) is 3.03. The second kappa shape index (κ2) is 4.05. The fourth-order valence-corrected chi connectivity index (χ4v) is 1.36. The van der Waals surface area contributed by atoms with Gasteiger partial charge < -0.3 is 4.90 Å². The van der Waals surface area contributed by atoms with Crippen molar-refractivity contribution in [3.8, 4) is 6.07 Å². The summed E-state index contributed by atoms with van der Waals surface area (Å²) in [4.78, 5) is 12.7. The number of nitriles is 1. The van der Waals surface area contributed by atoms with Gasteiger partial charge in [-0.05, 0) is 6.42 Å². The largest absolute Gasteiger partial charge is 0.341 e. The Labute approximate surface area is 70.8 Å². The van der Waals surface area contributed by atoms with Crippen molar-refractivity contribution in [2.24, 2.45) is 5.92 Å². The number of hydrogen-bond donors (Lipinski definition) is 0. The molecule has 0 aromatic heterocycles. The molecule has 4 heteroatoms. The molecule has 1 unspecified atom stereocenters. The number of amides is 1. The zero-order valence-electron chi connectivity index (χ0n) is 6.79. The Balaban J connectivity index is 2.37. The van der Waals surface area contributed by atoms with E-state index in [1.54, 1.807) is 11.0 Å². The lowest BCUT2D eigenvalue weighted by atomic mass is 10.1. The first-order valence-corrected chi connectivity index (χ1v) is 3.98. The van der Waals surface area contributed by atoms with E-state index >= 15 is 0 Å². The molecule has 0 bridgehead atoms. The van der Waals surface area contributed by atoms with Crippen LogP contribution in [0.5, 0.6) is 0 Å². The zero-order chi connectivity index (χ0) is 8.97. The third-order valence-electron chi connectivity index (χ3n) is 2.09. The summed E-state index contributed by atoms with van der Waals surface area (Å²) in [5.74, 6) is -0.180. The maximum atomic E-state index is 12.1. The van der Waals surface area contributed by atoms with Gasteiger partial charge in [0.25, 0.3) is 0 Å². The van der Waals surface area contributed by atoms with E-state index in [9.17, 15) is 9.18 Å². The second-order valence-electron chi connectivity index (χ2n) is 2.98. The van der Waals surface area contributed by atoms with Gasteiger partial charge in [0.05, 0.1) is 12.7 Å². The van der Waals surface area contributed by atoms with E-state index in [1.165, 1.54) is 0 Å². The van der Waals surface area contributed by atoms with E-state index in [0.29, 0.717) is 13.1 Å². The van der Waals surface area contributed by atoms with Gasteiger partial charge in [0, 0.05) is 19.0 Å². The molecular weight excluding hydrogens is 159 g/mol. The smallest absolute Gasteiger partial charge is 0.236 e. The molecule has 66 valence electrons. The number of halogens is 1. The van der Waals surface area contributed by atoms with Crippen molar-refractivity contribution in [1.29, 1.82) is 5.26 Å². The van der Waals surface area contributed by atoms with Crippen LogP contribution < -0.4 is 0 Å². The molecule has 3 nitrogen and oxygen atoms in total. The summed E-state index contributed by atoms with van der Waals surface area (Å²) in [5.41, 5.74) is 0. The third-order valence-corrected chi connectivity index (χ3v) is 2.09. The van der Waals surface area contributed by atoms with Gasteiger partial charge >= 0.3 is 0 Å². The molecular formula is C8H11FN2O. The van der Waals surface area contributed by atoms with E-state index in [1.807, 2.05) is 0 Å². The number of rotatable bonds is 2. The predicted molar refractivity (Wildman–Crippen MR) is 40.9 cm³/mol. The Hall–Kier alpha value is -1.11. The number of carbonyl (C=O) groups is 1. The highest BCUT2D eigenvalue weighted by Crippen LogP contribution is 2.16. The standard InChI is InChI=1S/C8H11FN2O/c9-5-7-2-4-11(6-7)8(12)1-3-10/h7H,1-2,4-6H2. The maximum absolute atomic E-state index is 12.1. The molecule has 1 rings (SSSR count). The quantitative estimate of drug-likeness (QED) is 0.612. The highest BCUT2D eigenvalue weighted by molar-refractivity contribution is 5.78. The third kappa shape index (κ3) is 1.94. The minimum absolute atomic E-state index is 0.00681. The summed E-state index contributed by atoms with van der Waals surface area (Å²) in [6.45, 7) is 0.725. The second-order valence-corrected chi connectivity index (χ2v) is 2.98. The van der Waals surface area contributed by atoms with Crippen LogP contribution in [0.3, 0.4) is 0 Å². The zero-order valence-corrected chi connectivity index (χ0v) is 6.79. The lowest BCUT2D eigenvalue weighted by Gasteiger charge is -2.13. The van der Waals surface area contributed by atoms with Crippen LogP contribution in [0.4, 0.5) is 4.39 Å². The van der Waals surface area contributed by atoms with E-state index in [4.69, 9.17) is 5.26 Å². The van der Waals surface area contributed by atoms with Gasteiger partial charge in [-0.25, -0.2) is 0 Å². The SMILES string of the molecule is N#CCC(=O)N1CCC(CF)C1. The number of alkyl halides is 1. The first-order valence-electron chi connectivity index (χ1n) is 3.98. The van der Waals surface area contributed by atoms with Crippen molar-refractivity contribution in [2.75, 3.05) is 19.8 Å². The summed E-state index contributed by atoms with van der Waals surface area (Å²) < 4.78 is 12.1. The average Bonchev–Trinajstić information content (AvgIpc) is 2.52. The van der Waals surface area contributed by atoms with E-state index in [2.05, 4.69) is 0 Å². The maximum Gasteiger partial charge on any atom is 0.236 e. The molecule has 1 fully saturated rings. The molecule has 0 aromatic rings. The highest BCUT2D eigenvalue weighted by Gasteiger charge is 2.25. The van der Waals surface area contributed by atoms with Crippen LogP contribution in [0.1, 0.15) is 12.8 Å². The summed E-state index contributed by atoms with van der Waals surface area (Å²) in [5, 5.41) is 8.25. The lowest BCUT2D eigenvalue weighted by Crippen LogP contribution is -2.28. The van der Waals surface area contributed by atoms with Crippen LogP contribution in [-0.4, -0.2) is 30.6 Å². The van der Waals surface area contributed by atoms with Gasteiger partial charge in [0.1, 0.15) is 6.42 Å². The molecule has 0 radical (unpaired) electrons. The van der Waals surface area contributed by atoms with Gasteiger partial charge in [-0.3, -0.25) is 9.18 Å². The average molecular weight is 170 g/mol. The Morgan fingerprint density at radius 3 is 3.00 bits per heavy atom. The monoisotopic (exact) mass is 170 g/mol. The van der Waals surface area contributed by atoms with Crippen molar-refractivity contribution >= 4 is 5.91 Å². The molecule has 1 aliphatic heterocycles. The van der Waals surface area contributed by atoms with Crippen molar-refractivity contribution in [3.63, 3.8) is 0 Å². The first-order chi connectivity index (χ1) is 5.77. The summed E-state index contributed by atoms with van der Waals surface area (Å²) in [6.07, 6.45) is 0.646. The van der Waals surface area contributed by atoms with Gasteiger partial charge in [0.2, 0.25) is 5.91 Å². The Morgan fingerprint density at radius 2 is 2.50 bits per heavy atom. The number of nitrogens with zero attached hydrogens (tertiary/aromatic N) is 2. The van der Waals surface area contributed by atoms with Crippen LogP contribution in [0, 0.1) is 17.2 Å². The van der Waals surface area contributed by atoms with Crippen LogP contribution in [0.25, 0.3) is 0 Å².